The molecule has 1 fully saturated rings. The Kier molecular flexibility index (Phi) is 6.09. The summed E-state index contributed by atoms with van der Waals surface area (Å²) in [6.45, 7) is 10.9. The maximum absolute atomic E-state index is 12.6. The molecule has 3 rings (SSSR count). The molecule has 166 valence electrons. The number of nitrogens with one attached hydrogen (secondary N) is 3. The summed E-state index contributed by atoms with van der Waals surface area (Å²) in [7, 11) is 0. The number of aromatic nitrogens is 1. The first-order valence-corrected chi connectivity index (χ1v) is 10.6. The van der Waals surface area contributed by atoms with Crippen molar-refractivity contribution >= 4 is 22.4 Å². The zero-order chi connectivity index (χ0) is 23.0. The van der Waals surface area contributed by atoms with Crippen LogP contribution in [0.1, 0.15) is 53.0 Å². The van der Waals surface area contributed by atoms with Crippen LogP contribution in [0, 0.1) is 10.8 Å². The highest BCUT2D eigenvalue weighted by molar-refractivity contribution is 6.12. The number of piperidine rings is 1. The van der Waals surface area contributed by atoms with E-state index in [4.69, 9.17) is 15.6 Å². The van der Waals surface area contributed by atoms with Crippen molar-refractivity contribution < 1.29 is 9.84 Å². The van der Waals surface area contributed by atoms with E-state index in [1.165, 1.54) is 24.3 Å². The van der Waals surface area contributed by atoms with Gasteiger partial charge in [-0.05, 0) is 64.3 Å². The van der Waals surface area contributed by atoms with E-state index in [0.29, 0.717) is 17.3 Å². The molecule has 1 aromatic heterocycles. The maximum atomic E-state index is 12.6. The number of hydrogen-bond acceptors (Lipinski definition) is 6. The maximum Gasteiger partial charge on any atom is 0.258 e. The molecular formula is C24H32N4O3. The number of ether oxygens (including phenoxy) is 1. The Morgan fingerprint density at radius 2 is 1.87 bits per heavy atom. The van der Waals surface area contributed by atoms with Crippen LogP contribution in [0.3, 0.4) is 0 Å². The Morgan fingerprint density at radius 3 is 2.48 bits per heavy atom. The summed E-state index contributed by atoms with van der Waals surface area (Å²) in [6.07, 6.45) is 5.99. The van der Waals surface area contributed by atoms with Crippen LogP contribution in [0.4, 0.5) is 0 Å². The summed E-state index contributed by atoms with van der Waals surface area (Å²) < 4.78 is 7.42. The van der Waals surface area contributed by atoms with Crippen molar-refractivity contribution in [3.63, 3.8) is 0 Å². The highest BCUT2D eigenvalue weighted by Gasteiger charge is 2.38. The van der Waals surface area contributed by atoms with Gasteiger partial charge in [0.05, 0.1) is 5.71 Å². The normalized spacial score (nSPS) is 18.4. The molecule has 1 aromatic carbocycles. The zero-order valence-corrected chi connectivity index (χ0v) is 18.9. The molecule has 0 amide bonds. The lowest BCUT2D eigenvalue weighted by atomic mass is 9.81. The predicted octanol–water partition coefficient (Wildman–Crippen LogP) is 3.95. The Hall–Kier alpha value is -2.93. The lowest BCUT2D eigenvalue weighted by Crippen LogP contribution is -2.59. The van der Waals surface area contributed by atoms with Gasteiger partial charge in [-0.15, -0.1) is 0 Å². The third-order valence-corrected chi connectivity index (χ3v) is 5.57. The predicted molar refractivity (Wildman–Crippen MR) is 125 cm³/mol. The second kappa shape index (κ2) is 8.30. The molecule has 7 nitrogen and oxygen atoms in total. The van der Waals surface area contributed by atoms with Crippen molar-refractivity contribution in [3.8, 4) is 5.75 Å². The highest BCUT2D eigenvalue weighted by atomic mass is 16.5. The molecule has 4 N–H and O–H groups in total. The van der Waals surface area contributed by atoms with E-state index in [-0.39, 0.29) is 45.7 Å². The first-order valence-electron chi connectivity index (χ1n) is 10.6. The van der Waals surface area contributed by atoms with Crippen molar-refractivity contribution in [2.45, 2.75) is 71.2 Å². The van der Waals surface area contributed by atoms with Crippen LogP contribution in [0.15, 0.2) is 41.3 Å². The summed E-state index contributed by atoms with van der Waals surface area (Å²) >= 11 is 0. The van der Waals surface area contributed by atoms with Gasteiger partial charge in [-0.1, -0.05) is 0 Å². The van der Waals surface area contributed by atoms with Crippen LogP contribution in [0.5, 0.6) is 5.75 Å². The molecular weight excluding hydrogens is 392 g/mol. The van der Waals surface area contributed by atoms with Crippen molar-refractivity contribution in [1.29, 1.82) is 10.8 Å². The molecule has 0 bridgehead atoms. The van der Waals surface area contributed by atoms with Crippen LogP contribution in [-0.2, 0) is 11.3 Å². The van der Waals surface area contributed by atoms with Crippen LogP contribution in [0.2, 0.25) is 0 Å². The minimum Gasteiger partial charge on any atom is -0.507 e. The second-order valence-corrected chi connectivity index (χ2v) is 9.52. The topological polar surface area (TPSA) is 111 Å². The number of phenols is 1. The first kappa shape index (κ1) is 22.7. The van der Waals surface area contributed by atoms with Gasteiger partial charge in [-0.3, -0.25) is 10.2 Å². The number of benzene rings is 1. The van der Waals surface area contributed by atoms with E-state index >= 15 is 0 Å². The number of nitrogens with zero attached hydrogens (tertiary/aromatic N) is 1. The summed E-state index contributed by atoms with van der Waals surface area (Å²) in [5.41, 5.74) is -0.0986. The Balaban J connectivity index is 1.77. The second-order valence-electron chi connectivity index (χ2n) is 9.52. The van der Waals surface area contributed by atoms with E-state index in [1.54, 1.807) is 16.8 Å². The van der Waals surface area contributed by atoms with E-state index in [2.05, 4.69) is 33.0 Å². The zero-order valence-electron chi connectivity index (χ0n) is 18.9. The summed E-state index contributed by atoms with van der Waals surface area (Å²) in [4.78, 5) is 12.6. The van der Waals surface area contributed by atoms with Crippen LogP contribution >= 0.6 is 0 Å². The molecule has 0 spiro atoms. The monoisotopic (exact) mass is 424 g/mol. The number of aryl methyl sites for hydroxylation is 1. The third-order valence-electron chi connectivity index (χ3n) is 5.57. The third kappa shape index (κ3) is 5.22. The largest absolute Gasteiger partial charge is 0.507 e. The number of allylic oxidation sites excluding steroid dienone is 1. The fourth-order valence-electron chi connectivity index (χ4n) is 4.56. The average Bonchev–Trinajstić information content (AvgIpc) is 2.63. The Bertz CT molecular complexity index is 1100. The average molecular weight is 425 g/mol. The van der Waals surface area contributed by atoms with Gasteiger partial charge in [0, 0.05) is 53.7 Å². The number of aromatic hydroxyl groups is 1. The lowest BCUT2D eigenvalue weighted by Gasteiger charge is -2.46. The minimum absolute atomic E-state index is 0.00465. The molecule has 0 radical (unpaired) electrons. The SMILES string of the molecule is CCn1ccc2cc(O)c(C(=N)/C=C\C(=N)OC3CC(C)(C)NC(C)(C)C3)cc2c1=O. The van der Waals surface area contributed by atoms with Crippen molar-refractivity contribution in [2.24, 2.45) is 0 Å². The number of fused-ring (bicyclic) bond motifs is 1. The summed E-state index contributed by atoms with van der Waals surface area (Å²) in [6, 6.07) is 4.80. The van der Waals surface area contributed by atoms with Crippen LogP contribution in [-0.4, -0.2) is 38.5 Å². The first-order chi connectivity index (χ1) is 14.4. The molecule has 2 heterocycles. The van der Waals surface area contributed by atoms with Gasteiger partial charge in [-0.2, -0.15) is 0 Å². The van der Waals surface area contributed by atoms with Gasteiger partial charge in [0.1, 0.15) is 11.9 Å². The number of phenolic OH excluding ortho intramolecular Hbond substituents is 1. The van der Waals surface area contributed by atoms with Crippen LogP contribution in [0.25, 0.3) is 10.8 Å². The van der Waals surface area contributed by atoms with Gasteiger partial charge >= 0.3 is 0 Å². The van der Waals surface area contributed by atoms with Crippen LogP contribution < -0.4 is 10.9 Å². The molecule has 7 heteroatoms. The molecule has 31 heavy (non-hydrogen) atoms. The molecule has 1 saturated heterocycles. The number of hydrogen-bond donors (Lipinski definition) is 4. The van der Waals surface area contributed by atoms with Crippen molar-refractivity contribution in [3.05, 3.63) is 52.5 Å². The van der Waals surface area contributed by atoms with Crippen molar-refractivity contribution in [1.82, 2.24) is 9.88 Å². The quantitative estimate of drug-likeness (QED) is 0.430. The summed E-state index contributed by atoms with van der Waals surface area (Å²) in [5, 5.41) is 31.5. The van der Waals surface area contributed by atoms with Gasteiger partial charge in [0.2, 0.25) is 5.90 Å². The standard InChI is InChI=1S/C24H32N4O3/c1-6-28-10-9-15-11-20(29)18(12-17(15)22(28)30)19(25)7-8-21(26)31-16-13-23(2,3)27-24(4,5)14-16/h7-12,16,25-27,29H,6,13-14H2,1-5H3/b8-7-,25-19?,26-21?. The van der Waals surface area contributed by atoms with E-state index < -0.39 is 0 Å². The molecule has 0 unspecified atom stereocenters. The highest BCUT2D eigenvalue weighted by Crippen LogP contribution is 2.30. The molecule has 1 aliphatic rings. The van der Waals surface area contributed by atoms with Gasteiger partial charge in [0.25, 0.3) is 5.56 Å². The fourth-order valence-corrected chi connectivity index (χ4v) is 4.56. The van der Waals surface area contributed by atoms with E-state index in [1.807, 2.05) is 6.92 Å². The number of pyridine rings is 1. The molecule has 1 aliphatic heterocycles. The smallest absolute Gasteiger partial charge is 0.258 e. The molecule has 0 aliphatic carbocycles. The lowest BCUT2D eigenvalue weighted by molar-refractivity contribution is 0.0485. The van der Waals surface area contributed by atoms with Crippen molar-refractivity contribution in [2.75, 3.05) is 0 Å². The molecule has 0 saturated carbocycles. The fraction of sp³-hybridized carbons (Fsp3) is 0.458. The number of rotatable bonds is 5. The van der Waals surface area contributed by atoms with E-state index in [0.717, 1.165) is 12.8 Å². The minimum atomic E-state index is -0.162. The Morgan fingerprint density at radius 1 is 1.23 bits per heavy atom. The molecule has 2 aromatic rings. The van der Waals surface area contributed by atoms with Gasteiger partial charge < -0.3 is 25.1 Å². The Labute approximate surface area is 182 Å². The molecule has 0 atom stereocenters. The van der Waals surface area contributed by atoms with Gasteiger partial charge in [0.15, 0.2) is 0 Å². The van der Waals surface area contributed by atoms with E-state index in [9.17, 15) is 9.90 Å². The van der Waals surface area contributed by atoms with Gasteiger partial charge in [-0.25, -0.2) is 0 Å². The summed E-state index contributed by atoms with van der Waals surface area (Å²) in [5.74, 6) is -0.109.